The number of hydrogen-bond donors (Lipinski definition) is 2. The Morgan fingerprint density at radius 1 is 1.26 bits per heavy atom. The molecule has 1 heterocycles. The first-order valence-corrected chi connectivity index (χ1v) is 8.67. The summed E-state index contributed by atoms with van der Waals surface area (Å²) >= 11 is 1.40. The van der Waals surface area contributed by atoms with E-state index in [2.05, 4.69) is 5.32 Å². The van der Waals surface area contributed by atoms with E-state index in [4.69, 9.17) is 5.73 Å². The van der Waals surface area contributed by atoms with Crippen LogP contribution in [0.5, 0.6) is 0 Å². The molecule has 3 N–H and O–H groups in total. The standard InChI is InChI=1S/C13H20N2O2S2/c1-10-4-6-11(7-5-10)19(16,17)13(3)12(2,14)15-8-9-18-13/h4-7,15H,8-9,14H2,1-3H3/t12-,13-/m1/s1. The second kappa shape index (κ2) is 4.77. The highest BCUT2D eigenvalue weighted by molar-refractivity contribution is 8.14. The van der Waals surface area contributed by atoms with Crippen molar-refractivity contribution in [3.63, 3.8) is 0 Å². The van der Waals surface area contributed by atoms with Crippen LogP contribution < -0.4 is 11.1 Å². The van der Waals surface area contributed by atoms with Crippen molar-refractivity contribution >= 4 is 21.6 Å². The highest BCUT2D eigenvalue weighted by Crippen LogP contribution is 2.43. The quantitative estimate of drug-likeness (QED) is 0.866. The molecule has 2 rings (SSSR count). The molecule has 0 amide bonds. The van der Waals surface area contributed by atoms with Gasteiger partial charge in [0.25, 0.3) is 0 Å². The number of thioether (sulfide) groups is 1. The van der Waals surface area contributed by atoms with Crippen molar-refractivity contribution in [2.24, 2.45) is 5.73 Å². The molecule has 1 aliphatic heterocycles. The molecule has 0 saturated carbocycles. The lowest BCUT2D eigenvalue weighted by Crippen LogP contribution is -2.70. The zero-order valence-corrected chi connectivity index (χ0v) is 13.1. The Balaban J connectivity index is 2.51. The van der Waals surface area contributed by atoms with Gasteiger partial charge < -0.3 is 5.73 Å². The molecule has 0 aromatic heterocycles. The third-order valence-corrected chi connectivity index (χ3v) is 8.50. The summed E-state index contributed by atoms with van der Waals surface area (Å²) in [5.74, 6) is 0.731. The molecule has 0 spiro atoms. The molecule has 4 nitrogen and oxygen atoms in total. The van der Waals surface area contributed by atoms with Gasteiger partial charge in [0.05, 0.1) is 10.6 Å². The first kappa shape index (κ1) is 14.8. The maximum atomic E-state index is 12.9. The minimum atomic E-state index is -3.51. The van der Waals surface area contributed by atoms with Crippen molar-refractivity contribution in [3.05, 3.63) is 29.8 Å². The fourth-order valence-electron chi connectivity index (χ4n) is 2.17. The molecule has 1 aromatic carbocycles. The van der Waals surface area contributed by atoms with Crippen LogP contribution in [0.15, 0.2) is 29.2 Å². The van der Waals surface area contributed by atoms with Crippen LogP contribution in [0.4, 0.5) is 0 Å². The van der Waals surface area contributed by atoms with Crippen molar-refractivity contribution in [1.29, 1.82) is 0 Å². The Bertz CT molecular complexity index is 567. The normalized spacial score (nSPS) is 32.2. The summed E-state index contributed by atoms with van der Waals surface area (Å²) in [6, 6.07) is 6.93. The number of nitrogens with one attached hydrogen (secondary N) is 1. The highest BCUT2D eigenvalue weighted by atomic mass is 32.3. The van der Waals surface area contributed by atoms with Gasteiger partial charge in [-0.1, -0.05) is 17.7 Å². The molecule has 1 aliphatic rings. The molecule has 1 saturated heterocycles. The van der Waals surface area contributed by atoms with Crippen LogP contribution in [0.1, 0.15) is 19.4 Å². The second-order valence-electron chi connectivity index (χ2n) is 5.24. The average molecular weight is 300 g/mol. The van der Waals surface area contributed by atoms with Crippen molar-refractivity contribution in [2.75, 3.05) is 12.3 Å². The van der Waals surface area contributed by atoms with Crippen LogP contribution >= 0.6 is 11.8 Å². The van der Waals surface area contributed by atoms with Gasteiger partial charge in [-0.05, 0) is 32.9 Å². The number of hydrogen-bond acceptors (Lipinski definition) is 5. The smallest absolute Gasteiger partial charge is 0.196 e. The van der Waals surface area contributed by atoms with Gasteiger partial charge in [-0.25, -0.2) is 8.42 Å². The van der Waals surface area contributed by atoms with Gasteiger partial charge in [0.15, 0.2) is 9.84 Å². The molecule has 1 fully saturated rings. The average Bonchev–Trinajstić information content (AvgIpc) is 2.33. The van der Waals surface area contributed by atoms with Gasteiger partial charge in [-0.3, -0.25) is 5.32 Å². The number of benzene rings is 1. The predicted molar refractivity (Wildman–Crippen MR) is 79.8 cm³/mol. The van der Waals surface area contributed by atoms with E-state index in [0.717, 1.165) is 17.9 Å². The summed E-state index contributed by atoms with van der Waals surface area (Å²) in [5, 5.41) is 3.11. The largest absolute Gasteiger partial charge is 0.311 e. The first-order valence-electron chi connectivity index (χ1n) is 6.20. The minimum absolute atomic E-state index is 0.327. The molecule has 0 bridgehead atoms. The van der Waals surface area contributed by atoms with Gasteiger partial charge in [0.2, 0.25) is 0 Å². The van der Waals surface area contributed by atoms with Crippen molar-refractivity contribution in [1.82, 2.24) is 5.32 Å². The maximum Gasteiger partial charge on any atom is 0.196 e. The summed E-state index contributed by atoms with van der Waals surface area (Å²) in [6.45, 7) is 6.10. The number of sulfone groups is 1. The van der Waals surface area contributed by atoms with E-state index < -0.39 is 19.6 Å². The van der Waals surface area contributed by atoms with Gasteiger partial charge in [0, 0.05) is 12.3 Å². The maximum absolute atomic E-state index is 12.9. The van der Waals surface area contributed by atoms with E-state index in [1.807, 2.05) is 19.1 Å². The van der Waals surface area contributed by atoms with E-state index in [1.54, 1.807) is 26.0 Å². The number of nitrogens with two attached hydrogens (primary N) is 1. The molecule has 1 aromatic rings. The van der Waals surface area contributed by atoms with Crippen molar-refractivity contribution < 1.29 is 8.42 Å². The SMILES string of the molecule is Cc1ccc(S(=O)(=O)[C@@]2(C)SCCN[C@@]2(C)N)cc1. The fraction of sp³-hybridized carbons (Fsp3) is 0.538. The lowest BCUT2D eigenvalue weighted by atomic mass is 10.1. The number of rotatable bonds is 2. The zero-order valence-electron chi connectivity index (χ0n) is 11.4. The van der Waals surface area contributed by atoms with Gasteiger partial charge in [-0.15, -0.1) is 11.8 Å². The summed E-state index contributed by atoms with van der Waals surface area (Å²) < 4.78 is 24.7. The molecule has 6 heteroatoms. The first-order chi connectivity index (χ1) is 8.71. The van der Waals surface area contributed by atoms with Crippen LogP contribution in [0, 0.1) is 6.92 Å². The lowest BCUT2D eigenvalue weighted by Gasteiger charge is -2.46. The van der Waals surface area contributed by atoms with Crippen LogP contribution in [-0.2, 0) is 9.84 Å². The van der Waals surface area contributed by atoms with E-state index in [1.165, 1.54) is 11.8 Å². The Morgan fingerprint density at radius 2 is 1.84 bits per heavy atom. The Morgan fingerprint density at radius 3 is 2.37 bits per heavy atom. The summed E-state index contributed by atoms with van der Waals surface area (Å²) in [6.07, 6.45) is 0. The van der Waals surface area contributed by atoms with Crippen LogP contribution in [0.3, 0.4) is 0 Å². The van der Waals surface area contributed by atoms with E-state index in [0.29, 0.717) is 4.90 Å². The predicted octanol–water partition coefficient (Wildman–Crippen LogP) is 1.50. The number of aryl methyl sites for hydroxylation is 1. The van der Waals surface area contributed by atoms with Gasteiger partial charge in [0.1, 0.15) is 4.08 Å². The van der Waals surface area contributed by atoms with Crippen LogP contribution in [0.25, 0.3) is 0 Å². The van der Waals surface area contributed by atoms with Gasteiger partial charge in [-0.2, -0.15) is 0 Å². The molecule has 19 heavy (non-hydrogen) atoms. The summed E-state index contributed by atoms with van der Waals surface area (Å²) in [5.41, 5.74) is 6.28. The van der Waals surface area contributed by atoms with Crippen molar-refractivity contribution in [2.45, 2.75) is 35.4 Å². The molecular weight excluding hydrogens is 280 g/mol. The monoisotopic (exact) mass is 300 g/mol. The Labute approximate surface area is 119 Å². The molecule has 0 unspecified atom stereocenters. The highest BCUT2D eigenvalue weighted by Gasteiger charge is 2.54. The van der Waals surface area contributed by atoms with Gasteiger partial charge >= 0.3 is 0 Å². The van der Waals surface area contributed by atoms with Crippen LogP contribution in [0.2, 0.25) is 0 Å². The third-order valence-electron chi connectivity index (χ3n) is 3.76. The zero-order chi connectivity index (χ0) is 14.3. The third kappa shape index (κ3) is 2.31. The Kier molecular flexibility index (Phi) is 3.72. The molecule has 0 aliphatic carbocycles. The fourth-order valence-corrected chi connectivity index (χ4v) is 5.87. The van der Waals surface area contributed by atoms with Crippen molar-refractivity contribution in [3.8, 4) is 0 Å². The molecular formula is C13H20N2O2S2. The topological polar surface area (TPSA) is 72.2 Å². The molecule has 2 atom stereocenters. The summed E-state index contributed by atoms with van der Waals surface area (Å²) in [4.78, 5) is 0.327. The van der Waals surface area contributed by atoms with Crippen LogP contribution in [-0.4, -0.2) is 30.5 Å². The lowest BCUT2D eigenvalue weighted by molar-refractivity contribution is 0.333. The second-order valence-corrected chi connectivity index (χ2v) is 9.31. The minimum Gasteiger partial charge on any atom is -0.311 e. The molecule has 106 valence electrons. The van der Waals surface area contributed by atoms with E-state index in [9.17, 15) is 8.42 Å². The Hall–Kier alpha value is -0.560. The molecule has 0 radical (unpaired) electrons. The van der Waals surface area contributed by atoms with E-state index in [-0.39, 0.29) is 0 Å². The summed E-state index contributed by atoms with van der Waals surface area (Å²) in [7, 11) is -3.51. The van der Waals surface area contributed by atoms with E-state index >= 15 is 0 Å².